The number of carbonyl (C=O) groups is 2. The summed E-state index contributed by atoms with van der Waals surface area (Å²) >= 11 is 1.52. The largest absolute Gasteiger partial charge is 0.480 e. The van der Waals surface area contributed by atoms with E-state index in [1.54, 1.807) is 6.08 Å². The molecule has 0 radical (unpaired) electrons. The van der Waals surface area contributed by atoms with Gasteiger partial charge < -0.3 is 10.4 Å². The smallest absolute Gasteiger partial charge is 0.326 e. The van der Waals surface area contributed by atoms with Crippen molar-refractivity contribution in [2.45, 2.75) is 26.3 Å². The third kappa shape index (κ3) is 4.33. The van der Waals surface area contributed by atoms with Crippen molar-refractivity contribution in [1.29, 1.82) is 0 Å². The van der Waals surface area contributed by atoms with Gasteiger partial charge in [-0.3, -0.25) is 4.79 Å². The number of carboxylic acids is 1. The first-order valence-electron chi connectivity index (χ1n) is 5.79. The minimum Gasteiger partial charge on any atom is -0.480 e. The average Bonchev–Trinajstić information content (AvgIpc) is 2.85. The molecule has 2 unspecified atom stereocenters. The Labute approximate surface area is 110 Å². The summed E-state index contributed by atoms with van der Waals surface area (Å²) in [5.41, 5.74) is 0. The van der Waals surface area contributed by atoms with E-state index in [9.17, 15) is 9.59 Å². The molecule has 1 aromatic rings. The van der Waals surface area contributed by atoms with Gasteiger partial charge in [0, 0.05) is 11.0 Å². The highest BCUT2D eigenvalue weighted by atomic mass is 32.1. The Balaban J connectivity index is 2.59. The Hall–Kier alpha value is -1.62. The molecule has 0 aromatic carbocycles. The summed E-state index contributed by atoms with van der Waals surface area (Å²) < 4.78 is 0. The highest BCUT2D eigenvalue weighted by Gasteiger charge is 2.24. The van der Waals surface area contributed by atoms with Crippen LogP contribution in [-0.2, 0) is 9.59 Å². The molecule has 5 heteroatoms. The summed E-state index contributed by atoms with van der Waals surface area (Å²) in [6.07, 6.45) is 3.74. The Morgan fingerprint density at radius 3 is 2.78 bits per heavy atom. The zero-order valence-electron chi connectivity index (χ0n) is 10.4. The first-order valence-corrected chi connectivity index (χ1v) is 6.67. The third-order valence-corrected chi connectivity index (χ3v) is 3.56. The molecule has 1 heterocycles. The monoisotopic (exact) mass is 267 g/mol. The Kier molecular flexibility index (Phi) is 5.58. The fourth-order valence-corrected chi connectivity index (χ4v) is 2.05. The van der Waals surface area contributed by atoms with Gasteiger partial charge in [-0.05, 0) is 23.4 Å². The number of thiophene rings is 1. The van der Waals surface area contributed by atoms with Crippen LogP contribution in [0.3, 0.4) is 0 Å². The fraction of sp³-hybridized carbons (Fsp3) is 0.385. The van der Waals surface area contributed by atoms with Crippen LogP contribution in [0, 0.1) is 5.92 Å². The van der Waals surface area contributed by atoms with E-state index < -0.39 is 12.0 Å². The van der Waals surface area contributed by atoms with Crippen molar-refractivity contribution in [1.82, 2.24) is 5.32 Å². The van der Waals surface area contributed by atoms with Crippen molar-refractivity contribution in [2.75, 3.05) is 0 Å². The number of hydrogen-bond acceptors (Lipinski definition) is 3. The summed E-state index contributed by atoms with van der Waals surface area (Å²) in [5.74, 6) is -1.47. The number of hydrogen-bond donors (Lipinski definition) is 2. The van der Waals surface area contributed by atoms with Gasteiger partial charge in [-0.15, -0.1) is 11.3 Å². The van der Waals surface area contributed by atoms with E-state index >= 15 is 0 Å². The van der Waals surface area contributed by atoms with E-state index in [0.29, 0.717) is 6.42 Å². The third-order valence-electron chi connectivity index (χ3n) is 2.72. The van der Waals surface area contributed by atoms with Crippen LogP contribution in [0.25, 0.3) is 6.08 Å². The topological polar surface area (TPSA) is 66.4 Å². The lowest BCUT2D eigenvalue weighted by molar-refractivity contribution is -0.142. The first-order chi connectivity index (χ1) is 8.54. The first kappa shape index (κ1) is 14.4. The van der Waals surface area contributed by atoms with Gasteiger partial charge in [0.1, 0.15) is 6.04 Å². The molecule has 0 fully saturated rings. The van der Waals surface area contributed by atoms with Crippen molar-refractivity contribution < 1.29 is 14.7 Å². The van der Waals surface area contributed by atoms with E-state index in [1.807, 2.05) is 31.4 Å². The van der Waals surface area contributed by atoms with Crippen LogP contribution in [0.1, 0.15) is 25.1 Å². The second-order valence-corrected chi connectivity index (χ2v) is 5.04. The van der Waals surface area contributed by atoms with Crippen LogP contribution in [-0.4, -0.2) is 23.0 Å². The molecule has 0 spiro atoms. The Morgan fingerprint density at radius 1 is 1.56 bits per heavy atom. The van der Waals surface area contributed by atoms with E-state index in [1.165, 1.54) is 17.4 Å². The average molecular weight is 267 g/mol. The minimum atomic E-state index is -0.998. The normalized spacial score (nSPS) is 14.3. The van der Waals surface area contributed by atoms with Gasteiger partial charge in [0.25, 0.3) is 0 Å². The molecule has 1 rings (SSSR count). The van der Waals surface area contributed by atoms with Gasteiger partial charge in [-0.2, -0.15) is 0 Å². The molecule has 1 amide bonds. The van der Waals surface area contributed by atoms with Gasteiger partial charge in [0.05, 0.1) is 0 Å². The summed E-state index contributed by atoms with van der Waals surface area (Å²) in [7, 11) is 0. The van der Waals surface area contributed by atoms with Crippen LogP contribution >= 0.6 is 11.3 Å². The van der Waals surface area contributed by atoms with Gasteiger partial charge in [-0.1, -0.05) is 26.3 Å². The van der Waals surface area contributed by atoms with E-state index in [-0.39, 0.29) is 11.8 Å². The SMILES string of the molecule is CCC(C)C(NC(=O)/C=C/c1cccs1)C(=O)O. The Bertz CT molecular complexity index is 425. The lowest BCUT2D eigenvalue weighted by Crippen LogP contribution is -2.44. The number of carboxylic acid groups (broad SMARTS) is 1. The number of aliphatic carboxylic acids is 1. The second-order valence-electron chi connectivity index (χ2n) is 4.06. The molecule has 0 aliphatic rings. The van der Waals surface area contributed by atoms with Crippen LogP contribution in [0.15, 0.2) is 23.6 Å². The van der Waals surface area contributed by atoms with Crippen LogP contribution in [0.4, 0.5) is 0 Å². The molecule has 0 bridgehead atoms. The fourth-order valence-electron chi connectivity index (χ4n) is 1.43. The number of rotatable bonds is 6. The standard InChI is InChI=1S/C13H17NO3S/c1-3-9(2)12(13(16)17)14-11(15)7-6-10-5-4-8-18-10/h4-9,12H,3H2,1-2H3,(H,14,15)(H,16,17)/b7-6+. The molecule has 18 heavy (non-hydrogen) atoms. The minimum absolute atomic E-state index is 0.0958. The number of amides is 1. The molecule has 98 valence electrons. The van der Waals surface area contributed by atoms with Crippen LogP contribution < -0.4 is 5.32 Å². The zero-order valence-corrected chi connectivity index (χ0v) is 11.2. The summed E-state index contributed by atoms with van der Waals surface area (Å²) in [4.78, 5) is 23.6. The molecular weight excluding hydrogens is 250 g/mol. The van der Waals surface area contributed by atoms with Gasteiger partial charge in [0.15, 0.2) is 0 Å². The lowest BCUT2D eigenvalue weighted by Gasteiger charge is -2.19. The van der Waals surface area contributed by atoms with E-state index in [2.05, 4.69) is 5.32 Å². The molecule has 1 aromatic heterocycles. The van der Waals surface area contributed by atoms with Crippen molar-refractivity contribution in [3.63, 3.8) is 0 Å². The van der Waals surface area contributed by atoms with E-state index in [0.717, 1.165) is 4.88 Å². The molecule has 2 atom stereocenters. The van der Waals surface area contributed by atoms with Gasteiger partial charge in [0.2, 0.25) is 5.91 Å². The molecule has 0 saturated heterocycles. The van der Waals surface area contributed by atoms with Gasteiger partial charge in [-0.25, -0.2) is 4.79 Å². The highest BCUT2D eigenvalue weighted by molar-refractivity contribution is 7.10. The summed E-state index contributed by atoms with van der Waals surface area (Å²) in [5, 5.41) is 13.5. The maximum atomic E-state index is 11.6. The molecule has 0 aliphatic carbocycles. The summed E-state index contributed by atoms with van der Waals surface area (Å²) in [6, 6.07) is 2.94. The van der Waals surface area contributed by atoms with Gasteiger partial charge >= 0.3 is 5.97 Å². The molecule has 2 N–H and O–H groups in total. The quantitative estimate of drug-likeness (QED) is 0.778. The Morgan fingerprint density at radius 2 is 2.28 bits per heavy atom. The van der Waals surface area contributed by atoms with Crippen molar-refractivity contribution in [2.24, 2.45) is 5.92 Å². The van der Waals surface area contributed by atoms with Crippen LogP contribution in [0.2, 0.25) is 0 Å². The van der Waals surface area contributed by atoms with Crippen molar-refractivity contribution in [3.05, 3.63) is 28.5 Å². The second kappa shape index (κ2) is 6.96. The summed E-state index contributed by atoms with van der Waals surface area (Å²) in [6.45, 7) is 3.70. The highest BCUT2D eigenvalue weighted by Crippen LogP contribution is 2.11. The molecule has 0 aliphatic heterocycles. The predicted octanol–water partition coefficient (Wildman–Crippen LogP) is 2.38. The zero-order chi connectivity index (χ0) is 13.5. The van der Waals surface area contributed by atoms with Crippen LogP contribution in [0.5, 0.6) is 0 Å². The van der Waals surface area contributed by atoms with Crippen molar-refractivity contribution >= 4 is 29.3 Å². The molecule has 0 saturated carbocycles. The number of carbonyl (C=O) groups excluding carboxylic acids is 1. The van der Waals surface area contributed by atoms with E-state index in [4.69, 9.17) is 5.11 Å². The maximum absolute atomic E-state index is 11.6. The molecular formula is C13H17NO3S. The van der Waals surface area contributed by atoms with Crippen molar-refractivity contribution in [3.8, 4) is 0 Å². The predicted molar refractivity (Wildman–Crippen MR) is 72.4 cm³/mol. The molecule has 4 nitrogen and oxygen atoms in total. The number of nitrogens with one attached hydrogen (secondary N) is 1. The maximum Gasteiger partial charge on any atom is 0.326 e. The lowest BCUT2D eigenvalue weighted by atomic mass is 9.99.